The standard InChI is InChI=1S/C20H19N3OS/c1-12-22-18-15(11-21)16(9-10-17(18)25-12)23-19(24)13-5-7-14(8-6-13)20(2,3)4/h5-10H,1-4H3,(H,23,24). The number of amides is 1. The van der Waals surface area contributed by atoms with Gasteiger partial charge in [0.25, 0.3) is 5.91 Å². The van der Waals surface area contributed by atoms with Gasteiger partial charge in [0.2, 0.25) is 0 Å². The quantitative estimate of drug-likeness (QED) is 0.706. The van der Waals surface area contributed by atoms with Crippen molar-refractivity contribution in [3.63, 3.8) is 0 Å². The molecule has 1 amide bonds. The van der Waals surface area contributed by atoms with Crippen molar-refractivity contribution < 1.29 is 4.79 Å². The van der Waals surface area contributed by atoms with E-state index in [1.165, 1.54) is 16.9 Å². The van der Waals surface area contributed by atoms with Crippen molar-refractivity contribution in [3.8, 4) is 6.07 Å². The van der Waals surface area contributed by atoms with Gasteiger partial charge in [0.05, 0.1) is 15.4 Å². The number of benzene rings is 2. The van der Waals surface area contributed by atoms with Crippen LogP contribution in [0.3, 0.4) is 0 Å². The molecule has 0 fully saturated rings. The topological polar surface area (TPSA) is 65.8 Å². The molecule has 0 aliphatic heterocycles. The Hall–Kier alpha value is -2.71. The Morgan fingerprint density at radius 2 is 1.84 bits per heavy atom. The molecule has 5 heteroatoms. The average molecular weight is 349 g/mol. The summed E-state index contributed by atoms with van der Waals surface area (Å²) in [4.78, 5) is 17.0. The molecule has 0 atom stereocenters. The molecule has 3 aromatic rings. The van der Waals surface area contributed by atoms with Crippen LogP contribution < -0.4 is 5.32 Å². The summed E-state index contributed by atoms with van der Waals surface area (Å²) in [5, 5.41) is 13.2. The zero-order valence-corrected chi connectivity index (χ0v) is 15.5. The van der Waals surface area contributed by atoms with Crippen LogP contribution in [0, 0.1) is 18.3 Å². The van der Waals surface area contributed by atoms with Gasteiger partial charge in [0.15, 0.2) is 0 Å². The number of hydrogen-bond acceptors (Lipinski definition) is 4. The summed E-state index contributed by atoms with van der Waals surface area (Å²) >= 11 is 1.53. The first-order valence-electron chi connectivity index (χ1n) is 8.02. The van der Waals surface area contributed by atoms with Crippen LogP contribution in [0.5, 0.6) is 0 Å². The average Bonchev–Trinajstić information content (AvgIpc) is 2.94. The van der Waals surface area contributed by atoms with Crippen LogP contribution >= 0.6 is 11.3 Å². The molecule has 0 aliphatic carbocycles. The largest absolute Gasteiger partial charge is 0.321 e. The molecule has 0 radical (unpaired) electrons. The third-order valence-electron chi connectivity index (χ3n) is 4.04. The van der Waals surface area contributed by atoms with Gasteiger partial charge >= 0.3 is 0 Å². The predicted octanol–water partition coefficient (Wildman–Crippen LogP) is 5.03. The van der Waals surface area contributed by atoms with E-state index in [0.29, 0.717) is 22.3 Å². The van der Waals surface area contributed by atoms with Crippen LogP contribution in [0.1, 0.15) is 47.3 Å². The number of rotatable bonds is 2. The number of nitrogens with zero attached hydrogens (tertiary/aromatic N) is 2. The van der Waals surface area contributed by atoms with Crippen molar-refractivity contribution in [3.05, 3.63) is 58.1 Å². The zero-order chi connectivity index (χ0) is 18.2. The highest BCUT2D eigenvalue weighted by atomic mass is 32.1. The fourth-order valence-electron chi connectivity index (χ4n) is 2.64. The van der Waals surface area contributed by atoms with Crippen molar-refractivity contribution in [2.45, 2.75) is 33.1 Å². The SMILES string of the molecule is Cc1nc2c(C#N)c(NC(=O)c3ccc(C(C)(C)C)cc3)ccc2s1. The summed E-state index contributed by atoms with van der Waals surface area (Å²) in [5.74, 6) is -0.233. The van der Waals surface area contributed by atoms with Crippen molar-refractivity contribution in [2.24, 2.45) is 0 Å². The Bertz CT molecular complexity index is 989. The highest BCUT2D eigenvalue weighted by Gasteiger charge is 2.16. The Morgan fingerprint density at radius 3 is 2.44 bits per heavy atom. The highest BCUT2D eigenvalue weighted by molar-refractivity contribution is 7.18. The van der Waals surface area contributed by atoms with Crippen LogP contribution in [0.15, 0.2) is 36.4 Å². The lowest BCUT2D eigenvalue weighted by Crippen LogP contribution is -2.15. The summed E-state index contributed by atoms with van der Waals surface area (Å²) in [5.41, 5.74) is 3.31. The van der Waals surface area contributed by atoms with E-state index in [9.17, 15) is 10.1 Å². The lowest BCUT2D eigenvalue weighted by atomic mass is 9.87. The molecule has 4 nitrogen and oxygen atoms in total. The second-order valence-corrected chi connectivity index (χ2v) is 8.20. The first kappa shape index (κ1) is 17.1. The zero-order valence-electron chi connectivity index (χ0n) is 14.7. The fourth-order valence-corrected chi connectivity index (χ4v) is 3.47. The number of nitrogens with one attached hydrogen (secondary N) is 1. The van der Waals surface area contributed by atoms with Gasteiger partial charge in [-0.1, -0.05) is 32.9 Å². The summed E-state index contributed by atoms with van der Waals surface area (Å²) in [6, 6.07) is 13.4. The Balaban J connectivity index is 1.91. The molecule has 0 aliphatic rings. The van der Waals surface area contributed by atoms with Crippen LogP contribution in [-0.4, -0.2) is 10.9 Å². The van der Waals surface area contributed by atoms with E-state index in [4.69, 9.17) is 0 Å². The molecule has 0 bridgehead atoms. The minimum Gasteiger partial charge on any atom is -0.321 e. The minimum atomic E-state index is -0.233. The summed E-state index contributed by atoms with van der Waals surface area (Å²) in [6.07, 6.45) is 0. The van der Waals surface area contributed by atoms with Crippen molar-refractivity contribution in [2.75, 3.05) is 5.32 Å². The maximum Gasteiger partial charge on any atom is 0.255 e. The van der Waals surface area contributed by atoms with Crippen molar-refractivity contribution in [1.82, 2.24) is 4.98 Å². The first-order valence-corrected chi connectivity index (χ1v) is 8.83. The first-order chi connectivity index (χ1) is 11.8. The van der Waals surface area contributed by atoms with E-state index >= 15 is 0 Å². The molecule has 1 aromatic heterocycles. The third kappa shape index (κ3) is 3.40. The molecular formula is C20H19N3OS. The van der Waals surface area contributed by atoms with Gasteiger partial charge in [-0.25, -0.2) is 4.98 Å². The fraction of sp³-hybridized carbons (Fsp3) is 0.250. The number of thiazole rings is 1. The number of carbonyl (C=O) groups excluding carboxylic acids is 1. The predicted molar refractivity (Wildman–Crippen MR) is 102 cm³/mol. The van der Waals surface area contributed by atoms with Gasteiger partial charge in [-0.2, -0.15) is 5.26 Å². The van der Waals surface area contributed by atoms with E-state index in [0.717, 1.165) is 9.71 Å². The molecule has 1 N–H and O–H groups in total. The summed E-state index contributed by atoms with van der Waals surface area (Å²) in [7, 11) is 0. The lowest BCUT2D eigenvalue weighted by molar-refractivity contribution is 0.102. The number of nitriles is 1. The molecule has 0 unspecified atom stereocenters. The maximum absolute atomic E-state index is 12.5. The van der Waals surface area contributed by atoms with E-state index < -0.39 is 0 Å². The van der Waals surface area contributed by atoms with E-state index in [-0.39, 0.29) is 11.3 Å². The van der Waals surface area contributed by atoms with Gasteiger partial charge in [-0.15, -0.1) is 11.3 Å². The molecule has 25 heavy (non-hydrogen) atoms. The number of fused-ring (bicyclic) bond motifs is 1. The molecule has 2 aromatic carbocycles. The Kier molecular flexibility index (Phi) is 4.32. The number of hydrogen-bond donors (Lipinski definition) is 1. The van der Waals surface area contributed by atoms with Gasteiger partial charge in [-0.3, -0.25) is 4.79 Å². The van der Waals surface area contributed by atoms with E-state index in [1.54, 1.807) is 6.07 Å². The molecule has 0 saturated heterocycles. The molecule has 126 valence electrons. The summed E-state index contributed by atoms with van der Waals surface area (Å²) in [6.45, 7) is 8.30. The second-order valence-electron chi connectivity index (χ2n) is 6.96. The van der Waals surface area contributed by atoms with Gasteiger partial charge in [-0.05, 0) is 42.2 Å². The number of carbonyl (C=O) groups is 1. The number of anilines is 1. The lowest BCUT2D eigenvalue weighted by Gasteiger charge is -2.19. The Labute approximate surface area is 151 Å². The van der Waals surface area contributed by atoms with Gasteiger partial charge in [0, 0.05) is 5.56 Å². The molecule has 1 heterocycles. The number of aromatic nitrogens is 1. The molecule has 3 rings (SSSR count). The van der Waals surface area contributed by atoms with Crippen LogP contribution in [0.25, 0.3) is 10.2 Å². The minimum absolute atomic E-state index is 0.0382. The molecule has 0 saturated carbocycles. The highest BCUT2D eigenvalue weighted by Crippen LogP contribution is 2.29. The second kappa shape index (κ2) is 6.30. The van der Waals surface area contributed by atoms with Crippen LogP contribution in [-0.2, 0) is 5.41 Å². The summed E-state index contributed by atoms with van der Waals surface area (Å²) < 4.78 is 0.946. The van der Waals surface area contributed by atoms with Gasteiger partial charge < -0.3 is 5.32 Å². The normalized spacial score (nSPS) is 11.3. The molecular weight excluding hydrogens is 330 g/mol. The van der Waals surface area contributed by atoms with E-state index in [1.807, 2.05) is 37.3 Å². The maximum atomic E-state index is 12.5. The van der Waals surface area contributed by atoms with E-state index in [2.05, 4.69) is 37.1 Å². The van der Waals surface area contributed by atoms with Gasteiger partial charge in [0.1, 0.15) is 17.1 Å². The van der Waals surface area contributed by atoms with Crippen LogP contribution in [0.4, 0.5) is 5.69 Å². The monoisotopic (exact) mass is 349 g/mol. The molecule has 0 spiro atoms. The van der Waals surface area contributed by atoms with Crippen molar-refractivity contribution in [1.29, 1.82) is 5.26 Å². The Morgan fingerprint density at radius 1 is 1.16 bits per heavy atom. The third-order valence-corrected chi connectivity index (χ3v) is 4.98. The number of aryl methyl sites for hydroxylation is 1. The van der Waals surface area contributed by atoms with Crippen molar-refractivity contribution >= 4 is 33.1 Å². The van der Waals surface area contributed by atoms with Crippen LogP contribution in [0.2, 0.25) is 0 Å². The smallest absolute Gasteiger partial charge is 0.255 e.